The van der Waals surface area contributed by atoms with Crippen molar-refractivity contribution in [2.75, 3.05) is 0 Å². The van der Waals surface area contributed by atoms with Crippen LogP contribution < -0.4 is 4.89 Å². The monoisotopic (exact) mass is 464 g/mol. The second-order valence-electron chi connectivity index (χ2n) is 6.85. The summed E-state index contributed by atoms with van der Waals surface area (Å²) in [5.74, 6) is 0.764. The number of nitrogens with one attached hydrogen (secondary N) is 1. The molecule has 0 spiro atoms. The van der Waals surface area contributed by atoms with Crippen LogP contribution in [0.1, 0.15) is 5.56 Å². The van der Waals surface area contributed by atoms with Gasteiger partial charge in [-0.3, -0.25) is 0 Å². The van der Waals surface area contributed by atoms with Gasteiger partial charge in [-0.2, -0.15) is 0 Å². The summed E-state index contributed by atoms with van der Waals surface area (Å²) in [4.78, 5) is 10.5. The van der Waals surface area contributed by atoms with Gasteiger partial charge in [-0.15, -0.1) is 5.26 Å². The van der Waals surface area contributed by atoms with Crippen LogP contribution in [0.3, 0.4) is 0 Å². The molecule has 1 N–H and O–H groups in total. The lowest BCUT2D eigenvalue weighted by atomic mass is 10.0. The van der Waals surface area contributed by atoms with E-state index in [1.807, 2.05) is 59.2 Å². The topological polar surface area (TPSA) is 97.0 Å². The first kappa shape index (κ1) is 21.6. The Kier molecular flexibility index (Phi) is 6.23. The van der Waals surface area contributed by atoms with Crippen molar-refractivity contribution in [3.8, 4) is 28.8 Å². The molecular formula is C23H17ClN4O3S. The number of imidazole rings is 1. The Bertz CT molecular complexity index is 1380. The van der Waals surface area contributed by atoms with Crippen molar-refractivity contribution in [3.05, 3.63) is 95.8 Å². The fourth-order valence-electron chi connectivity index (χ4n) is 3.37. The molecule has 7 nitrogen and oxygen atoms in total. The molecule has 3 aromatic carbocycles. The Morgan fingerprint density at radius 3 is 2.38 bits per heavy atom. The first-order valence-corrected chi connectivity index (χ1v) is 11.4. The Morgan fingerprint density at radius 2 is 1.66 bits per heavy atom. The molecule has 0 bridgehead atoms. The molecule has 0 fully saturated rings. The predicted molar refractivity (Wildman–Crippen MR) is 121 cm³/mol. The van der Waals surface area contributed by atoms with Crippen molar-refractivity contribution in [2.45, 2.75) is 11.4 Å². The van der Waals surface area contributed by atoms with Gasteiger partial charge in [0.05, 0.1) is 4.90 Å². The van der Waals surface area contributed by atoms with Gasteiger partial charge in [-0.1, -0.05) is 84.4 Å². The maximum atomic E-state index is 12.5. The minimum absolute atomic E-state index is 0.00996. The third-order valence-electron chi connectivity index (χ3n) is 4.77. The van der Waals surface area contributed by atoms with E-state index in [0.717, 1.165) is 17.0 Å². The van der Waals surface area contributed by atoms with Gasteiger partial charge in [0.15, 0.2) is 0 Å². The summed E-state index contributed by atoms with van der Waals surface area (Å²) in [5, 5.41) is 8.90. The summed E-state index contributed by atoms with van der Waals surface area (Å²) in [6.07, 6.45) is 3.07. The number of sulfonamides is 1. The van der Waals surface area contributed by atoms with E-state index in [9.17, 15) is 8.42 Å². The van der Waals surface area contributed by atoms with E-state index in [2.05, 4.69) is 9.82 Å². The molecule has 0 saturated carbocycles. The lowest BCUT2D eigenvalue weighted by molar-refractivity contribution is 0.222. The maximum Gasteiger partial charge on any atom is 0.308 e. The van der Waals surface area contributed by atoms with Gasteiger partial charge in [0, 0.05) is 23.9 Å². The summed E-state index contributed by atoms with van der Waals surface area (Å²) in [5.41, 5.74) is 3.15. The molecule has 0 aliphatic carbocycles. The fourth-order valence-corrected chi connectivity index (χ4v) is 4.53. The second-order valence-corrected chi connectivity index (χ2v) is 8.85. The molecule has 160 valence electrons. The molecule has 0 radical (unpaired) electrons. The summed E-state index contributed by atoms with van der Waals surface area (Å²) < 4.78 is 26.9. The number of hydrogen-bond donors (Lipinski definition) is 1. The molecule has 4 aromatic rings. The fraction of sp³-hybridized carbons (Fsp3) is 0.0435. The van der Waals surface area contributed by atoms with Gasteiger partial charge in [-0.25, -0.2) is 13.4 Å². The third kappa shape index (κ3) is 4.65. The molecule has 0 saturated heterocycles. The summed E-state index contributed by atoms with van der Waals surface area (Å²) in [6.45, 7) is 0.543. The van der Waals surface area contributed by atoms with Gasteiger partial charge in [-0.05, 0) is 22.1 Å². The van der Waals surface area contributed by atoms with Gasteiger partial charge < -0.3 is 9.40 Å². The zero-order chi connectivity index (χ0) is 22.6. The molecule has 32 heavy (non-hydrogen) atoms. The first-order chi connectivity index (χ1) is 15.5. The average molecular weight is 465 g/mol. The number of hydrogen-bond acceptors (Lipinski definition) is 5. The molecule has 9 heteroatoms. The van der Waals surface area contributed by atoms with E-state index in [-0.39, 0.29) is 4.90 Å². The highest BCUT2D eigenvalue weighted by Crippen LogP contribution is 2.28. The number of halogens is 1. The van der Waals surface area contributed by atoms with E-state index in [0.29, 0.717) is 22.8 Å². The van der Waals surface area contributed by atoms with E-state index in [1.165, 1.54) is 12.3 Å². The maximum absolute atomic E-state index is 12.5. The minimum atomic E-state index is -4.02. The van der Waals surface area contributed by atoms with Crippen LogP contribution in [-0.4, -0.2) is 18.0 Å². The van der Waals surface area contributed by atoms with Gasteiger partial charge in [0.2, 0.25) is 0 Å². The second kappa shape index (κ2) is 9.24. The van der Waals surface area contributed by atoms with Crippen molar-refractivity contribution in [1.29, 1.82) is 5.26 Å². The van der Waals surface area contributed by atoms with Gasteiger partial charge in [0.25, 0.3) is 10.0 Å². The van der Waals surface area contributed by atoms with Gasteiger partial charge in [0.1, 0.15) is 11.0 Å². The number of nitriles is 1. The van der Waals surface area contributed by atoms with Crippen molar-refractivity contribution in [3.63, 3.8) is 0 Å². The third-order valence-corrected chi connectivity index (χ3v) is 6.19. The quantitative estimate of drug-likeness (QED) is 0.318. The van der Waals surface area contributed by atoms with Crippen molar-refractivity contribution < 1.29 is 13.3 Å². The number of nitrogens with zero attached hydrogens (tertiary/aromatic N) is 3. The van der Waals surface area contributed by atoms with Crippen molar-refractivity contribution in [2.24, 2.45) is 0 Å². The Morgan fingerprint density at radius 1 is 0.969 bits per heavy atom. The predicted octanol–water partition coefficient (Wildman–Crippen LogP) is 4.61. The zero-order valence-electron chi connectivity index (χ0n) is 16.6. The van der Waals surface area contributed by atoms with Crippen molar-refractivity contribution in [1.82, 2.24) is 14.4 Å². The van der Waals surface area contributed by atoms with E-state index in [4.69, 9.17) is 16.9 Å². The van der Waals surface area contributed by atoms with E-state index >= 15 is 0 Å². The average Bonchev–Trinajstić information content (AvgIpc) is 3.19. The molecule has 1 aromatic heterocycles. The smallest absolute Gasteiger partial charge is 0.308 e. The number of aromatic nitrogens is 2. The highest BCUT2D eigenvalue weighted by atomic mass is 35.5. The normalized spacial score (nSPS) is 11.1. The molecule has 0 aliphatic rings. The van der Waals surface area contributed by atoms with Crippen LogP contribution in [0, 0.1) is 11.5 Å². The largest absolute Gasteiger partial charge is 0.325 e. The molecular weight excluding hydrogens is 448 g/mol. The number of benzene rings is 3. The highest BCUT2D eigenvalue weighted by molar-refractivity contribution is 7.89. The van der Waals surface area contributed by atoms with E-state index in [1.54, 1.807) is 29.3 Å². The molecule has 0 amide bonds. The van der Waals surface area contributed by atoms with Crippen LogP contribution in [0.5, 0.6) is 0 Å². The minimum Gasteiger partial charge on any atom is -0.325 e. The number of rotatable bonds is 7. The first-order valence-electron chi connectivity index (χ1n) is 9.51. The molecule has 0 unspecified atom stereocenters. The van der Waals surface area contributed by atoms with Crippen LogP contribution >= 0.6 is 11.6 Å². The molecule has 0 atom stereocenters. The van der Waals surface area contributed by atoms with Crippen LogP contribution in [0.2, 0.25) is 5.15 Å². The standard InChI is InChI=1S/C23H17ClN4O3S/c24-22-15-28(23(26-22)19-6-2-1-3-7-19)14-17-10-12-18(13-11-17)20-8-4-5-9-21(20)32(29,30)27-31-16-25/h1-13,15,27H,14H2. The van der Waals surface area contributed by atoms with Crippen LogP contribution in [0.4, 0.5) is 0 Å². The molecule has 4 rings (SSSR count). The summed E-state index contributed by atoms with van der Waals surface area (Å²) in [6, 6.07) is 23.8. The van der Waals surface area contributed by atoms with Crippen LogP contribution in [-0.2, 0) is 21.4 Å². The highest BCUT2D eigenvalue weighted by Gasteiger charge is 2.20. The summed E-state index contributed by atoms with van der Waals surface area (Å²) in [7, 11) is -4.02. The van der Waals surface area contributed by atoms with E-state index < -0.39 is 10.0 Å². The summed E-state index contributed by atoms with van der Waals surface area (Å²) >= 11 is 6.16. The Labute approximate surface area is 190 Å². The molecule has 0 aliphatic heterocycles. The lowest BCUT2D eigenvalue weighted by Crippen LogP contribution is -2.22. The van der Waals surface area contributed by atoms with Crippen LogP contribution in [0.25, 0.3) is 22.5 Å². The van der Waals surface area contributed by atoms with Crippen molar-refractivity contribution >= 4 is 21.6 Å². The zero-order valence-corrected chi connectivity index (χ0v) is 18.2. The Balaban J connectivity index is 1.62. The SMILES string of the molecule is N#CONS(=O)(=O)c1ccccc1-c1ccc(Cn2cc(Cl)nc2-c2ccccc2)cc1. The Hall–Kier alpha value is -3.64. The molecule has 1 heterocycles. The van der Waals surface area contributed by atoms with Gasteiger partial charge >= 0.3 is 6.26 Å². The van der Waals surface area contributed by atoms with Crippen LogP contribution in [0.15, 0.2) is 90.0 Å². The lowest BCUT2D eigenvalue weighted by Gasteiger charge is -2.11.